The lowest BCUT2D eigenvalue weighted by molar-refractivity contribution is 0.0691. The van der Waals surface area contributed by atoms with Crippen LogP contribution in [-0.2, 0) is 13.1 Å². The molecule has 4 rings (SSSR count). The Morgan fingerprint density at radius 3 is 2.96 bits per heavy atom. The van der Waals surface area contributed by atoms with E-state index in [9.17, 15) is 0 Å². The van der Waals surface area contributed by atoms with Crippen LogP contribution in [0.15, 0.2) is 10.9 Å². The molecule has 2 fully saturated rings. The summed E-state index contributed by atoms with van der Waals surface area (Å²) in [5.41, 5.74) is 0. The maximum Gasteiger partial charge on any atom is 0.245 e. The molecule has 1 aliphatic heterocycles. The molecule has 2 aromatic heterocycles. The van der Waals surface area contributed by atoms with E-state index >= 15 is 0 Å². The van der Waals surface area contributed by atoms with Gasteiger partial charge in [0, 0.05) is 32.1 Å². The second-order valence-electron chi connectivity index (χ2n) is 6.49. The smallest absolute Gasteiger partial charge is 0.245 e. The lowest BCUT2D eigenvalue weighted by atomic mass is 10.1. The van der Waals surface area contributed by atoms with Crippen molar-refractivity contribution in [1.82, 2.24) is 34.7 Å². The molecule has 0 spiro atoms. The fourth-order valence-corrected chi connectivity index (χ4v) is 3.11. The number of nitrogens with zero attached hydrogens (tertiary/aromatic N) is 7. The summed E-state index contributed by atoms with van der Waals surface area (Å²) in [6, 6.07) is 0.154. The minimum Gasteiger partial charge on any atom is -0.338 e. The SMILES string of the molecule is CCn1ncnc1CN1CCN(C)[C@H](c2nc(C3CC3)no2)C1. The quantitative estimate of drug-likeness (QED) is 0.815. The van der Waals surface area contributed by atoms with Crippen molar-refractivity contribution in [3.8, 4) is 0 Å². The maximum absolute atomic E-state index is 5.54. The van der Waals surface area contributed by atoms with Crippen molar-refractivity contribution >= 4 is 0 Å². The number of aromatic nitrogens is 5. The molecule has 3 heterocycles. The fourth-order valence-electron chi connectivity index (χ4n) is 3.11. The molecule has 23 heavy (non-hydrogen) atoms. The van der Waals surface area contributed by atoms with E-state index in [0.717, 1.165) is 50.3 Å². The number of hydrogen-bond donors (Lipinski definition) is 0. The second kappa shape index (κ2) is 6.01. The summed E-state index contributed by atoms with van der Waals surface area (Å²) in [5.74, 6) is 3.17. The predicted molar refractivity (Wildman–Crippen MR) is 82.6 cm³/mol. The molecule has 2 aliphatic rings. The summed E-state index contributed by atoms with van der Waals surface area (Å²) in [6.07, 6.45) is 4.02. The Bertz CT molecular complexity index is 662. The Balaban J connectivity index is 1.46. The number of rotatable bonds is 5. The van der Waals surface area contributed by atoms with Crippen LogP contribution in [0, 0.1) is 0 Å². The molecule has 8 heteroatoms. The Morgan fingerprint density at radius 2 is 2.17 bits per heavy atom. The van der Waals surface area contributed by atoms with Crippen LogP contribution < -0.4 is 0 Å². The van der Waals surface area contributed by atoms with Crippen LogP contribution in [0.3, 0.4) is 0 Å². The number of aryl methyl sites for hydroxylation is 1. The summed E-state index contributed by atoms with van der Waals surface area (Å²) in [7, 11) is 2.12. The van der Waals surface area contributed by atoms with Gasteiger partial charge in [0.2, 0.25) is 5.89 Å². The molecule has 8 nitrogen and oxygen atoms in total. The highest BCUT2D eigenvalue weighted by molar-refractivity contribution is 5.06. The lowest BCUT2D eigenvalue weighted by Crippen LogP contribution is -2.46. The highest BCUT2D eigenvalue weighted by Crippen LogP contribution is 2.38. The topological polar surface area (TPSA) is 76.1 Å². The van der Waals surface area contributed by atoms with Gasteiger partial charge >= 0.3 is 0 Å². The Kier molecular flexibility index (Phi) is 3.86. The van der Waals surface area contributed by atoms with Gasteiger partial charge < -0.3 is 4.52 Å². The van der Waals surface area contributed by atoms with E-state index in [4.69, 9.17) is 4.52 Å². The van der Waals surface area contributed by atoms with E-state index in [1.807, 2.05) is 4.68 Å². The van der Waals surface area contributed by atoms with Gasteiger partial charge in [0.1, 0.15) is 18.2 Å². The third-order valence-corrected chi connectivity index (χ3v) is 4.78. The van der Waals surface area contributed by atoms with E-state index < -0.39 is 0 Å². The van der Waals surface area contributed by atoms with E-state index in [2.05, 4.69) is 44.0 Å². The van der Waals surface area contributed by atoms with Gasteiger partial charge in [-0.15, -0.1) is 0 Å². The zero-order valence-corrected chi connectivity index (χ0v) is 13.7. The average Bonchev–Trinajstić information content (AvgIpc) is 3.12. The van der Waals surface area contributed by atoms with E-state index in [-0.39, 0.29) is 6.04 Å². The van der Waals surface area contributed by atoms with E-state index in [1.165, 1.54) is 12.8 Å². The molecule has 0 N–H and O–H groups in total. The molecule has 1 aliphatic carbocycles. The van der Waals surface area contributed by atoms with Crippen LogP contribution in [0.4, 0.5) is 0 Å². The van der Waals surface area contributed by atoms with Crippen LogP contribution in [0.25, 0.3) is 0 Å². The average molecular weight is 317 g/mol. The van der Waals surface area contributed by atoms with Gasteiger partial charge in [0.25, 0.3) is 0 Å². The minimum absolute atomic E-state index is 0.154. The van der Waals surface area contributed by atoms with Gasteiger partial charge in [-0.2, -0.15) is 10.1 Å². The Hall–Kier alpha value is -1.80. The molecule has 0 bridgehead atoms. The maximum atomic E-state index is 5.54. The van der Waals surface area contributed by atoms with Crippen molar-refractivity contribution in [3.63, 3.8) is 0 Å². The molecule has 124 valence electrons. The summed E-state index contributed by atoms with van der Waals surface area (Å²) in [6.45, 7) is 6.60. The first kappa shape index (κ1) is 14.8. The predicted octanol–water partition coefficient (Wildman–Crippen LogP) is 1.05. The molecule has 0 radical (unpaired) electrons. The van der Waals surface area contributed by atoms with Crippen molar-refractivity contribution < 1.29 is 4.52 Å². The molecule has 1 saturated heterocycles. The molecule has 0 aromatic carbocycles. The highest BCUT2D eigenvalue weighted by atomic mass is 16.5. The van der Waals surface area contributed by atoms with Gasteiger partial charge in [0.05, 0.1) is 6.54 Å². The summed E-state index contributed by atoms with van der Waals surface area (Å²) >= 11 is 0. The van der Waals surface area contributed by atoms with Crippen LogP contribution in [0.5, 0.6) is 0 Å². The fraction of sp³-hybridized carbons (Fsp3) is 0.733. The highest BCUT2D eigenvalue weighted by Gasteiger charge is 2.34. The summed E-state index contributed by atoms with van der Waals surface area (Å²) in [4.78, 5) is 13.7. The second-order valence-corrected chi connectivity index (χ2v) is 6.49. The molecule has 0 unspecified atom stereocenters. The normalized spacial score (nSPS) is 23.5. The van der Waals surface area contributed by atoms with Crippen LogP contribution in [0.1, 0.15) is 49.3 Å². The van der Waals surface area contributed by atoms with E-state index in [1.54, 1.807) is 6.33 Å². The summed E-state index contributed by atoms with van der Waals surface area (Å²) < 4.78 is 7.49. The standard InChI is InChI=1S/C15H23N7O/c1-3-22-13(16-10-17-22)9-21-7-6-20(2)12(8-21)15-18-14(19-23-15)11-4-5-11/h10-12H,3-9H2,1-2H3/t12-/m0/s1. The van der Waals surface area contributed by atoms with Crippen molar-refractivity contribution in [1.29, 1.82) is 0 Å². The Labute approximate surface area is 135 Å². The molecule has 1 saturated carbocycles. The van der Waals surface area contributed by atoms with E-state index in [0.29, 0.717) is 5.92 Å². The van der Waals surface area contributed by atoms with Gasteiger partial charge in [0.15, 0.2) is 5.82 Å². The number of piperazine rings is 1. The van der Waals surface area contributed by atoms with Crippen molar-refractivity contribution in [3.05, 3.63) is 23.9 Å². The zero-order valence-electron chi connectivity index (χ0n) is 13.7. The monoisotopic (exact) mass is 317 g/mol. The minimum atomic E-state index is 0.154. The van der Waals surface area contributed by atoms with Crippen molar-refractivity contribution in [2.24, 2.45) is 0 Å². The lowest BCUT2D eigenvalue weighted by Gasteiger charge is -2.37. The number of hydrogen-bond acceptors (Lipinski definition) is 7. The largest absolute Gasteiger partial charge is 0.338 e. The first-order valence-corrected chi connectivity index (χ1v) is 8.37. The molecule has 0 amide bonds. The number of likely N-dealkylation sites (N-methyl/N-ethyl adjacent to an activating group) is 1. The zero-order chi connectivity index (χ0) is 15.8. The van der Waals surface area contributed by atoms with Gasteiger partial charge in [-0.05, 0) is 26.8 Å². The first-order valence-electron chi connectivity index (χ1n) is 8.37. The van der Waals surface area contributed by atoms with Crippen LogP contribution in [0.2, 0.25) is 0 Å². The first-order chi connectivity index (χ1) is 11.2. The van der Waals surface area contributed by atoms with Gasteiger partial charge in [-0.25, -0.2) is 9.67 Å². The van der Waals surface area contributed by atoms with Gasteiger partial charge in [-0.3, -0.25) is 9.80 Å². The van der Waals surface area contributed by atoms with Crippen LogP contribution in [-0.4, -0.2) is 61.4 Å². The Morgan fingerprint density at radius 1 is 1.30 bits per heavy atom. The van der Waals surface area contributed by atoms with Crippen LogP contribution >= 0.6 is 0 Å². The molecule has 2 aromatic rings. The summed E-state index contributed by atoms with van der Waals surface area (Å²) in [5, 5.41) is 8.41. The molecule has 1 atom stereocenters. The third-order valence-electron chi connectivity index (χ3n) is 4.78. The molecular weight excluding hydrogens is 294 g/mol. The van der Waals surface area contributed by atoms with Crippen molar-refractivity contribution in [2.75, 3.05) is 26.7 Å². The third kappa shape index (κ3) is 3.00. The molecular formula is C15H23N7O. The van der Waals surface area contributed by atoms with Crippen molar-refractivity contribution in [2.45, 2.75) is 44.8 Å². The van der Waals surface area contributed by atoms with Gasteiger partial charge in [-0.1, -0.05) is 5.16 Å².